The molecule has 9 nitrogen and oxygen atoms in total. The summed E-state index contributed by atoms with van der Waals surface area (Å²) in [4.78, 5) is 18.8. The molecule has 5 heterocycles. The van der Waals surface area contributed by atoms with Gasteiger partial charge in [-0.2, -0.15) is 10.2 Å². The number of nitrogens with zero attached hydrogens (tertiary/aromatic N) is 6. The van der Waals surface area contributed by atoms with E-state index in [2.05, 4.69) is 20.1 Å². The van der Waals surface area contributed by atoms with Crippen LogP contribution in [0.5, 0.6) is 0 Å². The van der Waals surface area contributed by atoms with Gasteiger partial charge in [-0.15, -0.1) is 0 Å². The van der Waals surface area contributed by atoms with E-state index in [0.29, 0.717) is 18.8 Å². The van der Waals surface area contributed by atoms with E-state index >= 15 is 0 Å². The predicted molar refractivity (Wildman–Crippen MR) is 114 cm³/mol. The first-order valence-corrected chi connectivity index (χ1v) is 10.6. The first-order valence-electron chi connectivity index (χ1n) is 10.6. The Kier molecular flexibility index (Phi) is 4.51. The lowest BCUT2D eigenvalue weighted by Gasteiger charge is -2.33. The number of esters is 1. The van der Waals surface area contributed by atoms with Crippen LogP contribution in [0.2, 0.25) is 0 Å². The van der Waals surface area contributed by atoms with Crippen molar-refractivity contribution in [3.8, 4) is 5.82 Å². The van der Waals surface area contributed by atoms with Crippen LogP contribution >= 0.6 is 0 Å². The van der Waals surface area contributed by atoms with Gasteiger partial charge in [-0.05, 0) is 24.1 Å². The molecular formula is C23H22N6O3. The highest BCUT2D eigenvalue weighted by atomic mass is 16.5. The number of carbonyl (C=O) groups is 1. The molecule has 1 atom stereocenters. The summed E-state index contributed by atoms with van der Waals surface area (Å²) in [6.07, 6.45) is 7.47. The highest BCUT2D eigenvalue weighted by Crippen LogP contribution is 2.32. The lowest BCUT2D eigenvalue weighted by atomic mass is 9.94. The molecule has 32 heavy (non-hydrogen) atoms. The van der Waals surface area contributed by atoms with Crippen molar-refractivity contribution in [2.45, 2.75) is 26.2 Å². The van der Waals surface area contributed by atoms with Crippen molar-refractivity contribution in [1.82, 2.24) is 29.3 Å². The Bertz CT molecular complexity index is 1330. The van der Waals surface area contributed by atoms with Gasteiger partial charge in [0.15, 0.2) is 11.5 Å². The number of aromatic nitrogens is 5. The first kappa shape index (κ1) is 19.1. The van der Waals surface area contributed by atoms with Gasteiger partial charge < -0.3 is 9.47 Å². The zero-order valence-electron chi connectivity index (χ0n) is 17.6. The number of hydrogen-bond acceptors (Lipinski definition) is 7. The third-order valence-electron chi connectivity index (χ3n) is 6.23. The second-order valence-corrected chi connectivity index (χ2v) is 8.19. The lowest BCUT2D eigenvalue weighted by Crippen LogP contribution is -2.38. The van der Waals surface area contributed by atoms with Crippen LogP contribution in [0.1, 0.15) is 38.7 Å². The number of rotatable bonds is 4. The Balaban J connectivity index is 1.18. The molecule has 4 aromatic rings. The number of cyclic esters (lactones) is 1. The van der Waals surface area contributed by atoms with Crippen LogP contribution in [0.3, 0.4) is 0 Å². The van der Waals surface area contributed by atoms with Crippen LogP contribution in [-0.2, 0) is 22.6 Å². The van der Waals surface area contributed by atoms with Crippen molar-refractivity contribution in [2.24, 2.45) is 0 Å². The summed E-state index contributed by atoms with van der Waals surface area (Å²) in [6, 6.07) is 7.63. The summed E-state index contributed by atoms with van der Waals surface area (Å²) >= 11 is 0. The van der Waals surface area contributed by atoms with Gasteiger partial charge in [0.2, 0.25) is 0 Å². The summed E-state index contributed by atoms with van der Waals surface area (Å²) in [6.45, 7) is 5.47. The van der Waals surface area contributed by atoms with Crippen LogP contribution in [0.15, 0.2) is 49.1 Å². The third-order valence-corrected chi connectivity index (χ3v) is 6.23. The first-order chi connectivity index (χ1) is 15.7. The highest BCUT2D eigenvalue weighted by molar-refractivity contribution is 5.93. The lowest BCUT2D eigenvalue weighted by molar-refractivity contribution is -0.0332. The number of carbonyl (C=O) groups excluding carboxylic acids is 1. The molecule has 0 spiro atoms. The van der Waals surface area contributed by atoms with Gasteiger partial charge in [0.1, 0.15) is 6.61 Å². The Morgan fingerprint density at radius 2 is 2.12 bits per heavy atom. The van der Waals surface area contributed by atoms with Gasteiger partial charge >= 0.3 is 5.97 Å². The maximum atomic E-state index is 11.8. The van der Waals surface area contributed by atoms with Crippen molar-refractivity contribution in [3.05, 3.63) is 76.9 Å². The van der Waals surface area contributed by atoms with E-state index in [1.165, 1.54) is 0 Å². The predicted octanol–water partition coefficient (Wildman–Crippen LogP) is 2.47. The molecule has 1 saturated heterocycles. The van der Waals surface area contributed by atoms with E-state index in [4.69, 9.17) is 9.47 Å². The van der Waals surface area contributed by atoms with E-state index in [1.54, 1.807) is 15.4 Å². The smallest absolute Gasteiger partial charge is 0.338 e. The molecule has 1 fully saturated rings. The van der Waals surface area contributed by atoms with Gasteiger partial charge in [-0.25, -0.2) is 19.0 Å². The number of ether oxygens (including phenoxy) is 2. The Morgan fingerprint density at radius 3 is 3.06 bits per heavy atom. The Morgan fingerprint density at radius 1 is 1.19 bits per heavy atom. The van der Waals surface area contributed by atoms with E-state index < -0.39 is 0 Å². The molecular weight excluding hydrogens is 408 g/mol. The van der Waals surface area contributed by atoms with Crippen molar-refractivity contribution in [1.29, 1.82) is 0 Å². The van der Waals surface area contributed by atoms with E-state index in [-0.39, 0.29) is 12.1 Å². The van der Waals surface area contributed by atoms with Crippen molar-refractivity contribution in [3.63, 3.8) is 0 Å². The number of morpholine rings is 1. The minimum atomic E-state index is -0.236. The van der Waals surface area contributed by atoms with Crippen LogP contribution in [0.4, 0.5) is 0 Å². The number of benzene rings is 1. The molecule has 0 saturated carbocycles. The molecule has 0 radical (unpaired) electrons. The number of fused-ring (bicyclic) bond motifs is 2. The van der Waals surface area contributed by atoms with Gasteiger partial charge in [0, 0.05) is 55.3 Å². The zero-order chi connectivity index (χ0) is 21.7. The van der Waals surface area contributed by atoms with Gasteiger partial charge in [0.05, 0.1) is 30.7 Å². The maximum absolute atomic E-state index is 11.8. The summed E-state index contributed by atoms with van der Waals surface area (Å²) < 4.78 is 14.8. The van der Waals surface area contributed by atoms with Gasteiger partial charge in [0.25, 0.3) is 0 Å². The molecule has 9 heteroatoms. The molecule has 3 aromatic heterocycles. The fourth-order valence-corrected chi connectivity index (χ4v) is 4.51. The largest absolute Gasteiger partial charge is 0.457 e. The van der Waals surface area contributed by atoms with E-state index in [0.717, 1.165) is 53.4 Å². The summed E-state index contributed by atoms with van der Waals surface area (Å²) in [5.41, 5.74) is 5.78. The molecule has 2 aliphatic rings. The SMILES string of the molecule is Cc1c(C2CN(Cc3cnn(-c4ccn5nccc5n4)c3)CCO2)ccc2c1COC2=O. The highest BCUT2D eigenvalue weighted by Gasteiger charge is 2.29. The molecule has 1 unspecified atom stereocenters. The minimum absolute atomic E-state index is 0.0364. The average Bonchev–Trinajstić information content (AvgIpc) is 3.54. The van der Waals surface area contributed by atoms with Crippen LogP contribution in [-0.4, -0.2) is 54.9 Å². The van der Waals surface area contributed by atoms with Gasteiger partial charge in [-0.3, -0.25) is 4.90 Å². The topological polar surface area (TPSA) is 86.8 Å². The fraction of sp³-hybridized carbons (Fsp3) is 0.304. The molecule has 1 aromatic carbocycles. The molecule has 6 rings (SSSR count). The van der Waals surface area contributed by atoms with Gasteiger partial charge in [-0.1, -0.05) is 6.07 Å². The fourth-order valence-electron chi connectivity index (χ4n) is 4.51. The van der Waals surface area contributed by atoms with E-state index in [9.17, 15) is 4.79 Å². The quantitative estimate of drug-likeness (QED) is 0.460. The summed E-state index contributed by atoms with van der Waals surface area (Å²) in [5.74, 6) is 0.523. The third kappa shape index (κ3) is 3.26. The molecule has 2 aliphatic heterocycles. The van der Waals surface area contributed by atoms with Crippen molar-refractivity contribution < 1.29 is 14.3 Å². The number of hydrogen-bond donors (Lipinski definition) is 0. The monoisotopic (exact) mass is 430 g/mol. The molecule has 0 bridgehead atoms. The summed E-state index contributed by atoms with van der Waals surface area (Å²) in [5, 5.41) is 8.68. The van der Waals surface area contributed by atoms with Crippen molar-refractivity contribution >= 4 is 11.6 Å². The van der Waals surface area contributed by atoms with Crippen LogP contribution in [0, 0.1) is 6.92 Å². The standard InChI is InChI=1S/C23H22N6O3/c1-15-17(2-3-18-19(15)14-32-23(18)30)20-13-27(8-9-31-20)11-16-10-25-29(12-16)22-5-7-28-21(26-22)4-6-24-28/h2-7,10,12,20H,8-9,11,13-14H2,1H3. The average molecular weight is 430 g/mol. The van der Waals surface area contributed by atoms with E-state index in [1.807, 2.05) is 49.8 Å². The van der Waals surface area contributed by atoms with Crippen LogP contribution in [0.25, 0.3) is 11.5 Å². The zero-order valence-corrected chi connectivity index (χ0v) is 17.6. The Hall–Kier alpha value is -3.56. The second kappa shape index (κ2) is 7.54. The molecule has 162 valence electrons. The normalized spacial score (nSPS) is 18.8. The Labute approximate surface area is 184 Å². The van der Waals surface area contributed by atoms with Crippen molar-refractivity contribution in [2.75, 3.05) is 19.7 Å². The van der Waals surface area contributed by atoms with Crippen LogP contribution < -0.4 is 0 Å². The minimum Gasteiger partial charge on any atom is -0.457 e. The molecule has 0 amide bonds. The summed E-state index contributed by atoms with van der Waals surface area (Å²) in [7, 11) is 0. The molecule has 0 aliphatic carbocycles. The second-order valence-electron chi connectivity index (χ2n) is 8.19. The maximum Gasteiger partial charge on any atom is 0.338 e. The molecule has 0 N–H and O–H groups in total.